The number of fused-ring (bicyclic) bond motifs is 1. The van der Waals surface area contributed by atoms with E-state index in [-0.39, 0.29) is 72.6 Å². The highest BCUT2D eigenvalue weighted by Gasteiger charge is 2.43. The van der Waals surface area contributed by atoms with E-state index in [2.05, 4.69) is 46.4 Å². The molecule has 8 amide bonds. The Hall–Kier alpha value is -5.50. The first-order valence-electron chi connectivity index (χ1n) is 26.3. The first-order valence-corrected chi connectivity index (χ1v) is 26.3. The second-order valence-corrected chi connectivity index (χ2v) is 20.6. The molecule has 0 bridgehead atoms. The number of H-pyrrole nitrogens is 1. The molecule has 1 saturated heterocycles. The Morgan fingerprint density at radius 1 is 0.808 bits per heavy atom. The van der Waals surface area contributed by atoms with Crippen LogP contribution in [0.4, 0.5) is 0 Å². The van der Waals surface area contributed by atoms with Gasteiger partial charge in [0.2, 0.25) is 35.4 Å². The molecule has 19 nitrogen and oxygen atoms in total. The first-order chi connectivity index (χ1) is 34.7. The largest absolute Gasteiger partial charge is 0.379 e. The summed E-state index contributed by atoms with van der Waals surface area (Å²) in [5.41, 5.74) is 7.03. The van der Waals surface area contributed by atoms with Crippen molar-refractivity contribution in [2.45, 2.75) is 155 Å². The van der Waals surface area contributed by atoms with Gasteiger partial charge in [0.05, 0.1) is 42.7 Å². The second kappa shape index (κ2) is 29.4. The monoisotopic (exact) mass is 1020 g/mol. The van der Waals surface area contributed by atoms with Crippen molar-refractivity contribution in [2.24, 2.45) is 23.7 Å². The SMILES string of the molecule is CC[C@H](C)[C@@H]([C@@H](CC(=O)N1CCC[C@H]1[C@H](OC)[C@@H](C)C(=O)NCCc1c[nH]c2ccccc12)OC)N(C)[C@H](C(=O)NC(=O)[C@H](C(C)C)N(C)CCCC(=O)NNC(=O)CCCCCN1C(=O)C=CC1=O)C(C)C. The van der Waals surface area contributed by atoms with Crippen molar-refractivity contribution in [3.8, 4) is 0 Å². The van der Waals surface area contributed by atoms with Crippen molar-refractivity contribution in [3.63, 3.8) is 0 Å². The third-order valence-corrected chi connectivity index (χ3v) is 14.7. The fourth-order valence-electron chi connectivity index (χ4n) is 10.7. The number of benzene rings is 1. The van der Waals surface area contributed by atoms with Gasteiger partial charge in [0, 0.05) is 82.0 Å². The summed E-state index contributed by atoms with van der Waals surface area (Å²) in [6.45, 7) is 15.2. The normalized spacial score (nSPS) is 17.8. The quantitative estimate of drug-likeness (QED) is 0.0420. The number of methoxy groups -OCH3 is 2. The number of carbonyl (C=O) groups is 8. The minimum Gasteiger partial charge on any atom is -0.379 e. The molecule has 5 N–H and O–H groups in total. The molecule has 1 aromatic heterocycles. The molecular weight excluding hydrogens is 935 g/mol. The fraction of sp³-hybridized carbons (Fsp3) is 0.667. The zero-order chi connectivity index (χ0) is 53.9. The number of likely N-dealkylation sites (N-methyl/N-ethyl adjacent to an activating group) is 2. The van der Waals surface area contributed by atoms with E-state index < -0.39 is 54.0 Å². The molecular formula is C54H85N9O10. The number of para-hydroxylation sites is 1. The average Bonchev–Trinajstić information content (AvgIpc) is 4.09. The fourth-order valence-corrected chi connectivity index (χ4v) is 10.7. The third-order valence-electron chi connectivity index (χ3n) is 14.7. The molecule has 0 aliphatic carbocycles. The number of amides is 8. The summed E-state index contributed by atoms with van der Waals surface area (Å²) < 4.78 is 12.2. The van der Waals surface area contributed by atoms with Crippen molar-refractivity contribution < 1.29 is 47.8 Å². The van der Waals surface area contributed by atoms with E-state index in [9.17, 15) is 38.4 Å². The number of ether oxygens (including phenoxy) is 2. The lowest BCUT2D eigenvalue weighted by Gasteiger charge is -2.43. The zero-order valence-corrected chi connectivity index (χ0v) is 45.3. The van der Waals surface area contributed by atoms with Crippen LogP contribution in [0.15, 0.2) is 42.6 Å². The van der Waals surface area contributed by atoms with E-state index in [1.165, 1.54) is 12.2 Å². The van der Waals surface area contributed by atoms with E-state index in [4.69, 9.17) is 9.47 Å². The molecule has 0 radical (unpaired) electrons. The number of hydrogen-bond acceptors (Lipinski definition) is 12. The Balaban J connectivity index is 1.30. The van der Waals surface area contributed by atoms with Crippen molar-refractivity contribution in [3.05, 3.63) is 48.2 Å². The van der Waals surface area contributed by atoms with Gasteiger partial charge in [-0.2, -0.15) is 0 Å². The summed E-state index contributed by atoms with van der Waals surface area (Å²) in [6, 6.07) is 5.90. The van der Waals surface area contributed by atoms with Gasteiger partial charge < -0.3 is 24.7 Å². The van der Waals surface area contributed by atoms with Crippen LogP contribution in [0.5, 0.6) is 0 Å². The van der Waals surface area contributed by atoms with Crippen molar-refractivity contribution in [1.82, 2.24) is 46.1 Å². The maximum absolute atomic E-state index is 14.4. The van der Waals surface area contributed by atoms with Crippen LogP contribution in [0, 0.1) is 23.7 Å². The molecule has 1 fully saturated rings. The van der Waals surface area contributed by atoms with Crippen molar-refractivity contribution in [2.75, 3.05) is 54.5 Å². The predicted octanol–water partition coefficient (Wildman–Crippen LogP) is 4.26. The number of unbranched alkanes of at least 4 members (excludes halogenated alkanes) is 2. The standard InChI is InChI=1S/C54H85N9O10/c1-12-36(6)50(42(72-10)32-47(68)62-31-18-22-41(62)51(73-11)37(7)52(69)55-28-27-38-33-56-40-21-16-15-20-39(38)40)61(9)49(35(4)5)54(71)57-53(70)48(34(2)3)60(8)29-19-24-44(65)59-58-43(64)23-14-13-17-30-63-45(66)25-26-46(63)67/h15-16,20-21,25-26,33-37,41-42,48-51,56H,12-14,17-19,22-24,27-32H2,1-11H3,(H,55,69)(H,58,64)(H,59,65)(H,57,70,71)/t36-,37+,41-,42+,48-,49-,50-,51+/m0/s1. The van der Waals surface area contributed by atoms with Gasteiger partial charge in [0.15, 0.2) is 0 Å². The van der Waals surface area contributed by atoms with Gasteiger partial charge in [-0.05, 0) is 88.5 Å². The van der Waals surface area contributed by atoms with Gasteiger partial charge in [-0.15, -0.1) is 0 Å². The summed E-state index contributed by atoms with van der Waals surface area (Å²) in [7, 11) is 6.79. The topological polar surface area (TPSA) is 232 Å². The first kappa shape index (κ1) is 60.1. The van der Waals surface area contributed by atoms with E-state index in [1.54, 1.807) is 21.3 Å². The van der Waals surface area contributed by atoms with Gasteiger partial charge in [-0.3, -0.25) is 69.2 Å². The van der Waals surface area contributed by atoms with Gasteiger partial charge in [0.25, 0.3) is 11.8 Å². The minimum atomic E-state index is -0.760. The Morgan fingerprint density at radius 3 is 2.05 bits per heavy atom. The lowest BCUT2D eigenvalue weighted by molar-refractivity contribution is -0.144. The molecule has 2 aromatic rings. The number of carbonyl (C=O) groups excluding carboxylic acids is 8. The summed E-state index contributed by atoms with van der Waals surface area (Å²) in [5, 5.41) is 6.94. The number of nitrogens with one attached hydrogen (secondary N) is 5. The van der Waals surface area contributed by atoms with E-state index in [0.717, 1.165) is 34.2 Å². The molecule has 73 heavy (non-hydrogen) atoms. The Labute approximate surface area is 432 Å². The van der Waals surface area contributed by atoms with E-state index in [0.29, 0.717) is 64.7 Å². The molecule has 4 rings (SSSR count). The highest BCUT2D eigenvalue weighted by Crippen LogP contribution is 2.31. The smallest absolute Gasteiger partial charge is 0.253 e. The van der Waals surface area contributed by atoms with Crippen LogP contribution in [0.2, 0.25) is 0 Å². The zero-order valence-electron chi connectivity index (χ0n) is 45.3. The van der Waals surface area contributed by atoms with Crippen LogP contribution >= 0.6 is 0 Å². The molecule has 3 heterocycles. The molecule has 2 aliphatic heterocycles. The average molecular weight is 1020 g/mol. The molecule has 0 saturated carbocycles. The number of aromatic nitrogens is 1. The molecule has 0 unspecified atom stereocenters. The number of aromatic amines is 1. The van der Waals surface area contributed by atoms with Crippen LogP contribution < -0.4 is 21.5 Å². The Bertz CT molecular complexity index is 2190. The summed E-state index contributed by atoms with van der Waals surface area (Å²) in [5.74, 6) is -3.56. The van der Waals surface area contributed by atoms with Gasteiger partial charge in [-0.1, -0.05) is 79.5 Å². The van der Waals surface area contributed by atoms with Crippen LogP contribution in [0.3, 0.4) is 0 Å². The summed E-state index contributed by atoms with van der Waals surface area (Å²) in [6.07, 6.45) is 8.54. The highest BCUT2D eigenvalue weighted by atomic mass is 16.5. The van der Waals surface area contributed by atoms with E-state index >= 15 is 0 Å². The van der Waals surface area contributed by atoms with Gasteiger partial charge in [0.1, 0.15) is 0 Å². The maximum Gasteiger partial charge on any atom is 0.253 e. The Kier molecular flexibility index (Phi) is 24.2. The Morgan fingerprint density at radius 2 is 1.44 bits per heavy atom. The molecule has 8 atom stereocenters. The number of hydrazine groups is 1. The number of hydrogen-bond donors (Lipinski definition) is 5. The lowest BCUT2D eigenvalue weighted by atomic mass is 9.87. The lowest BCUT2D eigenvalue weighted by Crippen LogP contribution is -2.60. The van der Waals surface area contributed by atoms with Gasteiger partial charge in [-0.25, -0.2) is 0 Å². The van der Waals surface area contributed by atoms with Crippen LogP contribution in [-0.4, -0.2) is 163 Å². The molecule has 2 aliphatic rings. The van der Waals surface area contributed by atoms with E-state index in [1.807, 2.05) is 80.8 Å². The van der Waals surface area contributed by atoms with Crippen LogP contribution in [0.25, 0.3) is 10.9 Å². The van der Waals surface area contributed by atoms with Crippen molar-refractivity contribution in [1.29, 1.82) is 0 Å². The predicted molar refractivity (Wildman–Crippen MR) is 279 cm³/mol. The summed E-state index contributed by atoms with van der Waals surface area (Å²) in [4.78, 5) is 115. The molecule has 406 valence electrons. The maximum atomic E-state index is 14.4. The number of imide groups is 2. The van der Waals surface area contributed by atoms with Crippen LogP contribution in [0.1, 0.15) is 118 Å². The molecule has 0 spiro atoms. The minimum absolute atomic E-state index is 0.0164. The number of nitrogens with zero attached hydrogens (tertiary/aromatic N) is 4. The summed E-state index contributed by atoms with van der Waals surface area (Å²) >= 11 is 0. The number of rotatable bonds is 30. The van der Waals surface area contributed by atoms with Gasteiger partial charge >= 0.3 is 0 Å². The molecule has 1 aromatic carbocycles. The van der Waals surface area contributed by atoms with Crippen molar-refractivity contribution >= 4 is 58.2 Å². The third kappa shape index (κ3) is 16.8. The highest BCUT2D eigenvalue weighted by molar-refractivity contribution is 6.12. The second-order valence-electron chi connectivity index (χ2n) is 20.6. The van der Waals surface area contributed by atoms with Crippen LogP contribution in [-0.2, 0) is 54.3 Å². The number of likely N-dealkylation sites (tertiary alicyclic amines) is 1. The molecule has 19 heteroatoms.